The largest absolute Gasteiger partial charge is 0.332 e. The fourth-order valence-electron chi connectivity index (χ4n) is 0.768. The van der Waals surface area contributed by atoms with E-state index in [0.717, 1.165) is 5.69 Å². The predicted octanol–water partition coefficient (Wildman–Crippen LogP) is 2.44. The van der Waals surface area contributed by atoms with Gasteiger partial charge in [0.25, 0.3) is 0 Å². The van der Waals surface area contributed by atoms with Crippen molar-refractivity contribution in [3.8, 4) is 0 Å². The molecule has 1 atom stereocenters. The summed E-state index contributed by atoms with van der Waals surface area (Å²) in [5.74, 6) is 0. The number of carbonyl (C=O) groups is 1. The average molecular weight is 196 g/mol. The van der Waals surface area contributed by atoms with Gasteiger partial charge in [-0.25, -0.2) is 4.79 Å². The molecule has 70 valence electrons. The van der Waals surface area contributed by atoms with E-state index >= 15 is 0 Å². The second-order valence-corrected chi connectivity index (χ2v) is 3.41. The molecule has 3 nitrogen and oxygen atoms in total. The van der Waals surface area contributed by atoms with E-state index in [4.69, 9.17) is 0 Å². The standard InChI is InChI=1S/C9H12N2OS/c1-3-7(2)10-9(12)11-8-4-5-13-6-8/h3-7H,1H2,2H3,(H2,10,11,12). The van der Waals surface area contributed by atoms with Gasteiger partial charge in [0, 0.05) is 11.4 Å². The van der Waals surface area contributed by atoms with Crippen LogP contribution in [0.15, 0.2) is 29.5 Å². The Bertz CT molecular complexity index is 282. The number of amides is 2. The molecule has 0 saturated carbocycles. The molecule has 0 fully saturated rings. The molecule has 0 aliphatic carbocycles. The smallest absolute Gasteiger partial charge is 0.319 e. The normalized spacial score (nSPS) is 11.8. The molecule has 1 heterocycles. The summed E-state index contributed by atoms with van der Waals surface area (Å²) in [4.78, 5) is 11.2. The van der Waals surface area contributed by atoms with E-state index < -0.39 is 0 Å². The van der Waals surface area contributed by atoms with Crippen LogP contribution >= 0.6 is 11.3 Å². The van der Waals surface area contributed by atoms with Crippen LogP contribution in [0.4, 0.5) is 10.5 Å². The van der Waals surface area contributed by atoms with Gasteiger partial charge in [0.2, 0.25) is 0 Å². The minimum absolute atomic E-state index is 0.0152. The summed E-state index contributed by atoms with van der Waals surface area (Å²) >= 11 is 1.54. The minimum Gasteiger partial charge on any atom is -0.332 e. The fourth-order valence-corrected chi connectivity index (χ4v) is 1.36. The van der Waals surface area contributed by atoms with E-state index in [0.29, 0.717) is 0 Å². The van der Waals surface area contributed by atoms with Crippen LogP contribution in [-0.4, -0.2) is 12.1 Å². The Hall–Kier alpha value is -1.29. The zero-order valence-corrected chi connectivity index (χ0v) is 8.23. The SMILES string of the molecule is C=CC(C)NC(=O)Nc1ccsc1. The molecule has 2 N–H and O–H groups in total. The third kappa shape index (κ3) is 3.29. The van der Waals surface area contributed by atoms with Gasteiger partial charge in [-0.2, -0.15) is 11.3 Å². The van der Waals surface area contributed by atoms with Crippen molar-refractivity contribution >= 4 is 23.1 Å². The second kappa shape index (κ2) is 4.67. The topological polar surface area (TPSA) is 41.1 Å². The molecular weight excluding hydrogens is 184 g/mol. The monoisotopic (exact) mass is 196 g/mol. The first-order valence-electron chi connectivity index (χ1n) is 3.94. The lowest BCUT2D eigenvalue weighted by molar-refractivity contribution is 0.251. The molecule has 4 heteroatoms. The van der Waals surface area contributed by atoms with Gasteiger partial charge in [-0.15, -0.1) is 6.58 Å². The van der Waals surface area contributed by atoms with Crippen LogP contribution in [-0.2, 0) is 0 Å². The van der Waals surface area contributed by atoms with E-state index in [-0.39, 0.29) is 12.1 Å². The average Bonchev–Trinajstić information content (AvgIpc) is 2.56. The van der Waals surface area contributed by atoms with Crippen molar-refractivity contribution in [3.63, 3.8) is 0 Å². The number of anilines is 1. The fraction of sp³-hybridized carbons (Fsp3) is 0.222. The van der Waals surface area contributed by atoms with Crippen molar-refractivity contribution in [2.45, 2.75) is 13.0 Å². The Labute approximate surface area is 81.5 Å². The number of hydrogen-bond acceptors (Lipinski definition) is 2. The number of hydrogen-bond donors (Lipinski definition) is 2. The molecular formula is C9H12N2OS. The first-order chi connectivity index (χ1) is 6.22. The molecule has 1 unspecified atom stereocenters. The highest BCUT2D eigenvalue weighted by Crippen LogP contribution is 2.11. The Balaban J connectivity index is 2.38. The number of rotatable bonds is 3. The summed E-state index contributed by atoms with van der Waals surface area (Å²) in [7, 11) is 0. The van der Waals surface area contributed by atoms with Crippen LogP contribution < -0.4 is 10.6 Å². The Morgan fingerprint density at radius 3 is 3.08 bits per heavy atom. The molecule has 1 aromatic rings. The minimum atomic E-state index is -0.203. The van der Waals surface area contributed by atoms with E-state index in [1.807, 2.05) is 23.8 Å². The Kier molecular flexibility index (Phi) is 3.52. The van der Waals surface area contributed by atoms with Crippen LogP contribution in [0.2, 0.25) is 0 Å². The number of urea groups is 1. The Morgan fingerprint density at radius 2 is 2.54 bits per heavy atom. The molecule has 13 heavy (non-hydrogen) atoms. The maximum Gasteiger partial charge on any atom is 0.319 e. The maximum absolute atomic E-state index is 11.2. The molecule has 2 amide bonds. The molecule has 0 aliphatic rings. The van der Waals surface area contributed by atoms with E-state index in [2.05, 4.69) is 17.2 Å². The van der Waals surface area contributed by atoms with E-state index in [1.54, 1.807) is 17.4 Å². The van der Waals surface area contributed by atoms with Crippen molar-refractivity contribution in [3.05, 3.63) is 29.5 Å². The van der Waals surface area contributed by atoms with Gasteiger partial charge < -0.3 is 10.6 Å². The van der Waals surface area contributed by atoms with Crippen LogP contribution in [0.3, 0.4) is 0 Å². The lowest BCUT2D eigenvalue weighted by Gasteiger charge is -2.09. The molecule has 0 aliphatic heterocycles. The third-order valence-corrected chi connectivity index (χ3v) is 2.17. The third-order valence-electron chi connectivity index (χ3n) is 1.49. The van der Waals surface area contributed by atoms with Crippen LogP contribution in [0.1, 0.15) is 6.92 Å². The lowest BCUT2D eigenvalue weighted by Crippen LogP contribution is -2.34. The quantitative estimate of drug-likeness (QED) is 0.716. The highest BCUT2D eigenvalue weighted by Gasteiger charge is 2.03. The number of nitrogens with one attached hydrogen (secondary N) is 2. The summed E-state index contributed by atoms with van der Waals surface area (Å²) in [5, 5.41) is 9.19. The summed E-state index contributed by atoms with van der Waals surface area (Å²) < 4.78 is 0. The number of carbonyl (C=O) groups excluding carboxylic acids is 1. The van der Waals surface area contributed by atoms with Gasteiger partial charge in [0.05, 0.1) is 5.69 Å². The van der Waals surface area contributed by atoms with Crippen molar-refractivity contribution in [2.24, 2.45) is 0 Å². The Morgan fingerprint density at radius 1 is 1.77 bits per heavy atom. The summed E-state index contributed by atoms with van der Waals surface area (Å²) in [6.45, 7) is 5.43. The van der Waals surface area contributed by atoms with Crippen LogP contribution in [0.5, 0.6) is 0 Å². The first-order valence-corrected chi connectivity index (χ1v) is 4.89. The van der Waals surface area contributed by atoms with E-state index in [9.17, 15) is 4.79 Å². The molecule has 0 bridgehead atoms. The van der Waals surface area contributed by atoms with Crippen molar-refractivity contribution in [2.75, 3.05) is 5.32 Å². The molecule has 0 spiro atoms. The zero-order chi connectivity index (χ0) is 9.68. The zero-order valence-electron chi connectivity index (χ0n) is 7.41. The van der Waals surface area contributed by atoms with Gasteiger partial charge >= 0.3 is 6.03 Å². The highest BCUT2D eigenvalue weighted by molar-refractivity contribution is 7.08. The van der Waals surface area contributed by atoms with Gasteiger partial charge in [-0.3, -0.25) is 0 Å². The molecule has 1 rings (SSSR count). The summed E-state index contributed by atoms with van der Waals surface area (Å²) in [5.41, 5.74) is 0.818. The van der Waals surface area contributed by atoms with Crippen molar-refractivity contribution in [1.29, 1.82) is 0 Å². The van der Waals surface area contributed by atoms with Gasteiger partial charge in [-0.1, -0.05) is 6.08 Å². The van der Waals surface area contributed by atoms with Gasteiger partial charge in [-0.05, 0) is 18.4 Å². The number of thiophene rings is 1. The predicted molar refractivity (Wildman–Crippen MR) is 56.1 cm³/mol. The second-order valence-electron chi connectivity index (χ2n) is 2.63. The molecule has 0 aromatic carbocycles. The lowest BCUT2D eigenvalue weighted by atomic mass is 10.3. The molecule has 1 aromatic heterocycles. The first kappa shape index (κ1) is 9.80. The van der Waals surface area contributed by atoms with Gasteiger partial charge in [0.1, 0.15) is 0 Å². The van der Waals surface area contributed by atoms with Gasteiger partial charge in [0.15, 0.2) is 0 Å². The highest BCUT2D eigenvalue weighted by atomic mass is 32.1. The van der Waals surface area contributed by atoms with E-state index in [1.165, 1.54) is 0 Å². The molecule has 0 saturated heterocycles. The van der Waals surface area contributed by atoms with Crippen LogP contribution in [0, 0.1) is 0 Å². The van der Waals surface area contributed by atoms with Crippen molar-refractivity contribution in [1.82, 2.24) is 5.32 Å². The summed E-state index contributed by atoms with van der Waals surface area (Å²) in [6, 6.07) is 1.63. The maximum atomic E-state index is 11.2. The molecule has 0 radical (unpaired) electrons. The van der Waals surface area contributed by atoms with Crippen molar-refractivity contribution < 1.29 is 4.79 Å². The van der Waals surface area contributed by atoms with Crippen LogP contribution in [0.25, 0.3) is 0 Å². The summed E-state index contributed by atoms with van der Waals surface area (Å²) in [6.07, 6.45) is 1.67.